The van der Waals surface area contributed by atoms with Gasteiger partial charge in [0.1, 0.15) is 17.2 Å². The minimum absolute atomic E-state index is 0.000790. The highest BCUT2D eigenvalue weighted by Crippen LogP contribution is 2.25. The zero-order valence-corrected chi connectivity index (χ0v) is 10.5. The van der Waals surface area contributed by atoms with Crippen LogP contribution in [-0.4, -0.2) is 9.55 Å². The maximum absolute atomic E-state index is 13.7. The fraction of sp³-hybridized carbons (Fsp3) is 0.300. The summed E-state index contributed by atoms with van der Waals surface area (Å²) in [5.74, 6) is -0.399. The van der Waals surface area contributed by atoms with Gasteiger partial charge in [-0.05, 0) is 36.4 Å². The second-order valence-corrected chi connectivity index (χ2v) is 4.34. The van der Waals surface area contributed by atoms with Crippen molar-refractivity contribution in [2.75, 3.05) is 0 Å². The van der Waals surface area contributed by atoms with E-state index in [1.165, 1.54) is 6.07 Å². The molecule has 0 aliphatic rings. The Morgan fingerprint density at radius 2 is 2.13 bits per heavy atom. The van der Waals surface area contributed by atoms with Gasteiger partial charge in [0, 0.05) is 12.6 Å². The summed E-state index contributed by atoms with van der Waals surface area (Å²) in [6, 6.07) is 1.34. The van der Waals surface area contributed by atoms with Crippen LogP contribution in [0.3, 0.4) is 0 Å². The highest BCUT2D eigenvalue weighted by molar-refractivity contribution is 14.1. The zero-order valence-electron chi connectivity index (χ0n) is 8.31. The minimum atomic E-state index is -0.569. The molecule has 1 aromatic carbocycles. The van der Waals surface area contributed by atoms with Crippen LogP contribution >= 0.6 is 22.6 Å². The van der Waals surface area contributed by atoms with Gasteiger partial charge in [-0.3, -0.25) is 0 Å². The molecular weight excluding hydrogens is 313 g/mol. The first-order chi connectivity index (χ1) is 7.06. The fourth-order valence-electron chi connectivity index (χ4n) is 1.68. The van der Waals surface area contributed by atoms with Gasteiger partial charge in [0.25, 0.3) is 0 Å². The van der Waals surface area contributed by atoms with Gasteiger partial charge in [0.2, 0.25) is 0 Å². The standard InChI is InChI=1S/C10H9F2IN2/c1-3-15-5(2)14-10-7(15)4-6(11)9(13)8(10)12/h4H,3H2,1-2H3. The lowest BCUT2D eigenvalue weighted by molar-refractivity contribution is 0.577. The van der Waals surface area contributed by atoms with Gasteiger partial charge in [-0.2, -0.15) is 0 Å². The Kier molecular flexibility index (Phi) is 2.66. The molecule has 2 nitrogen and oxygen atoms in total. The van der Waals surface area contributed by atoms with Gasteiger partial charge < -0.3 is 4.57 Å². The Bertz CT molecular complexity index is 534. The van der Waals surface area contributed by atoms with Crippen LogP contribution in [0.5, 0.6) is 0 Å². The van der Waals surface area contributed by atoms with E-state index in [2.05, 4.69) is 4.98 Å². The molecular formula is C10H9F2IN2. The van der Waals surface area contributed by atoms with E-state index in [-0.39, 0.29) is 9.09 Å². The number of nitrogens with zero attached hydrogens (tertiary/aromatic N) is 2. The van der Waals surface area contributed by atoms with Gasteiger partial charge in [0.05, 0.1) is 9.09 Å². The molecule has 0 amide bonds. The van der Waals surface area contributed by atoms with Crippen molar-refractivity contribution in [1.29, 1.82) is 0 Å². The molecule has 0 saturated carbocycles. The first-order valence-corrected chi connectivity index (χ1v) is 5.64. The SMILES string of the molecule is CCn1c(C)nc2c(F)c(I)c(F)cc21. The van der Waals surface area contributed by atoms with Crippen LogP contribution in [0.4, 0.5) is 8.78 Å². The van der Waals surface area contributed by atoms with E-state index in [0.29, 0.717) is 17.9 Å². The molecule has 0 unspecified atom stereocenters. The summed E-state index contributed by atoms with van der Waals surface area (Å²) in [7, 11) is 0. The van der Waals surface area contributed by atoms with Crippen molar-refractivity contribution in [2.45, 2.75) is 20.4 Å². The molecule has 15 heavy (non-hydrogen) atoms. The second-order valence-electron chi connectivity index (χ2n) is 3.26. The lowest BCUT2D eigenvalue weighted by Crippen LogP contribution is -1.97. The third-order valence-electron chi connectivity index (χ3n) is 2.39. The number of imidazole rings is 1. The van der Waals surface area contributed by atoms with Gasteiger partial charge in [-0.15, -0.1) is 0 Å². The van der Waals surface area contributed by atoms with E-state index < -0.39 is 11.6 Å². The second kappa shape index (κ2) is 3.70. The molecule has 0 N–H and O–H groups in total. The van der Waals surface area contributed by atoms with Crippen LogP contribution in [0, 0.1) is 22.1 Å². The van der Waals surface area contributed by atoms with E-state index in [1.807, 2.05) is 6.92 Å². The molecule has 0 atom stereocenters. The minimum Gasteiger partial charge on any atom is -0.328 e. The molecule has 1 heterocycles. The molecule has 1 aromatic heterocycles. The van der Waals surface area contributed by atoms with Crippen LogP contribution in [0.2, 0.25) is 0 Å². The van der Waals surface area contributed by atoms with Crippen molar-refractivity contribution >= 4 is 33.6 Å². The van der Waals surface area contributed by atoms with Gasteiger partial charge in [-0.25, -0.2) is 13.8 Å². The summed E-state index contributed by atoms with van der Waals surface area (Å²) < 4.78 is 28.8. The summed E-state index contributed by atoms with van der Waals surface area (Å²) in [4.78, 5) is 4.10. The van der Waals surface area contributed by atoms with E-state index in [4.69, 9.17) is 0 Å². The van der Waals surface area contributed by atoms with Crippen molar-refractivity contribution in [1.82, 2.24) is 9.55 Å². The van der Waals surface area contributed by atoms with Crippen LogP contribution < -0.4 is 0 Å². The van der Waals surface area contributed by atoms with Gasteiger partial charge >= 0.3 is 0 Å². The number of hydrogen-bond donors (Lipinski definition) is 0. The Balaban J connectivity index is 2.92. The lowest BCUT2D eigenvalue weighted by atomic mass is 10.3. The third-order valence-corrected chi connectivity index (χ3v) is 3.38. The van der Waals surface area contributed by atoms with E-state index in [9.17, 15) is 8.78 Å². The van der Waals surface area contributed by atoms with Crippen LogP contribution in [0.15, 0.2) is 6.07 Å². The van der Waals surface area contributed by atoms with Gasteiger partial charge in [-0.1, -0.05) is 0 Å². The predicted molar refractivity (Wildman–Crippen MR) is 62.8 cm³/mol. The lowest BCUT2D eigenvalue weighted by Gasteiger charge is -2.02. The average Bonchev–Trinajstić information content (AvgIpc) is 2.51. The van der Waals surface area contributed by atoms with Crippen LogP contribution in [0.25, 0.3) is 11.0 Å². The molecule has 0 bridgehead atoms. The fourth-order valence-corrected chi connectivity index (χ4v) is 2.09. The highest BCUT2D eigenvalue weighted by Gasteiger charge is 2.16. The molecule has 2 rings (SSSR count). The maximum Gasteiger partial charge on any atom is 0.167 e. The quantitative estimate of drug-likeness (QED) is 0.582. The molecule has 0 saturated heterocycles. The first kappa shape index (κ1) is 10.8. The first-order valence-electron chi connectivity index (χ1n) is 4.56. The van der Waals surface area contributed by atoms with Crippen molar-refractivity contribution in [3.63, 3.8) is 0 Å². The number of rotatable bonds is 1. The van der Waals surface area contributed by atoms with Crippen molar-refractivity contribution < 1.29 is 8.78 Å². The van der Waals surface area contributed by atoms with E-state index in [0.717, 1.165) is 0 Å². The number of hydrogen-bond acceptors (Lipinski definition) is 1. The number of aryl methyl sites for hydroxylation is 2. The Morgan fingerprint density at radius 3 is 2.73 bits per heavy atom. The third kappa shape index (κ3) is 1.53. The van der Waals surface area contributed by atoms with Crippen LogP contribution in [-0.2, 0) is 6.54 Å². The number of benzene rings is 1. The summed E-state index contributed by atoms with van der Waals surface area (Å²) in [6.07, 6.45) is 0. The average molecular weight is 322 g/mol. The largest absolute Gasteiger partial charge is 0.328 e. The van der Waals surface area contributed by atoms with Gasteiger partial charge in [0.15, 0.2) is 5.82 Å². The van der Waals surface area contributed by atoms with E-state index in [1.54, 1.807) is 34.1 Å². The summed E-state index contributed by atoms with van der Waals surface area (Å²) in [5, 5.41) is 0. The Hall–Kier alpha value is -0.720. The van der Waals surface area contributed by atoms with Crippen molar-refractivity contribution in [2.24, 2.45) is 0 Å². The molecule has 2 aromatic rings. The number of aromatic nitrogens is 2. The monoisotopic (exact) mass is 322 g/mol. The normalized spacial score (nSPS) is 11.3. The summed E-state index contributed by atoms with van der Waals surface area (Å²) in [5.41, 5.74) is 0.769. The smallest absolute Gasteiger partial charge is 0.167 e. The summed E-state index contributed by atoms with van der Waals surface area (Å²) >= 11 is 1.65. The van der Waals surface area contributed by atoms with E-state index >= 15 is 0 Å². The number of halogens is 3. The molecule has 0 radical (unpaired) electrons. The molecule has 0 spiro atoms. The van der Waals surface area contributed by atoms with Crippen LogP contribution in [0.1, 0.15) is 12.7 Å². The molecule has 0 aliphatic carbocycles. The number of fused-ring (bicyclic) bond motifs is 1. The van der Waals surface area contributed by atoms with Crippen molar-refractivity contribution in [3.05, 3.63) is 27.1 Å². The summed E-state index contributed by atoms with van der Waals surface area (Å²) in [6.45, 7) is 4.36. The zero-order chi connectivity index (χ0) is 11.2. The molecule has 80 valence electrons. The topological polar surface area (TPSA) is 17.8 Å². The highest BCUT2D eigenvalue weighted by atomic mass is 127. The predicted octanol–water partition coefficient (Wildman–Crippen LogP) is 3.25. The Labute approximate surface area is 99.4 Å². The molecule has 0 aliphatic heterocycles. The van der Waals surface area contributed by atoms with Crippen molar-refractivity contribution in [3.8, 4) is 0 Å². The molecule has 5 heteroatoms. The molecule has 0 fully saturated rings. The Morgan fingerprint density at radius 1 is 1.47 bits per heavy atom. The maximum atomic E-state index is 13.7.